The minimum absolute atomic E-state index is 0.00304. The molecular formula is C18H14Cl2N6O3. The van der Waals surface area contributed by atoms with Crippen molar-refractivity contribution in [3.05, 3.63) is 82.7 Å². The van der Waals surface area contributed by atoms with Crippen molar-refractivity contribution in [3.63, 3.8) is 0 Å². The van der Waals surface area contributed by atoms with Crippen molar-refractivity contribution in [3.8, 4) is 11.8 Å². The number of hydrogen-bond acceptors (Lipinski definition) is 6. The lowest BCUT2D eigenvalue weighted by Crippen LogP contribution is -2.33. The molecule has 2 aromatic heterocycles. The van der Waals surface area contributed by atoms with E-state index < -0.39 is 16.9 Å². The number of nitrogens with zero attached hydrogens (tertiary/aromatic N) is 5. The fourth-order valence-electron chi connectivity index (χ4n) is 2.66. The van der Waals surface area contributed by atoms with E-state index >= 15 is 0 Å². The normalized spacial score (nSPS) is 10.9. The number of nitrogens with one attached hydrogen (secondary N) is 1. The average molecular weight is 433 g/mol. The molecule has 0 aliphatic carbocycles. The Morgan fingerprint density at radius 1 is 1.21 bits per heavy atom. The summed E-state index contributed by atoms with van der Waals surface area (Å²) in [5.74, 6) is 0.00304. The summed E-state index contributed by atoms with van der Waals surface area (Å²) < 4.78 is 2.20. The number of halogens is 2. The number of benzene rings is 1. The van der Waals surface area contributed by atoms with Crippen molar-refractivity contribution in [2.24, 2.45) is 0 Å². The first-order valence-electron chi connectivity index (χ1n) is 8.39. The van der Waals surface area contributed by atoms with Crippen molar-refractivity contribution < 1.29 is 0 Å². The number of aromatic nitrogens is 5. The summed E-state index contributed by atoms with van der Waals surface area (Å²) in [6, 6.07) is 4.41. The molecule has 11 heteroatoms. The third-order valence-electron chi connectivity index (χ3n) is 4.18. The van der Waals surface area contributed by atoms with Crippen LogP contribution in [0.4, 0.5) is 0 Å². The quantitative estimate of drug-likeness (QED) is 0.669. The van der Waals surface area contributed by atoms with Crippen molar-refractivity contribution >= 4 is 23.2 Å². The summed E-state index contributed by atoms with van der Waals surface area (Å²) in [4.78, 5) is 42.2. The molecule has 0 radical (unpaired) electrons. The summed E-state index contributed by atoms with van der Waals surface area (Å²) in [5, 5.41) is 13.0. The molecule has 0 atom stereocenters. The Bertz CT molecular complexity index is 1290. The van der Waals surface area contributed by atoms with Crippen LogP contribution in [0.5, 0.6) is 0 Å². The van der Waals surface area contributed by atoms with Gasteiger partial charge < -0.3 is 0 Å². The molecule has 0 saturated heterocycles. The van der Waals surface area contributed by atoms with Gasteiger partial charge in [-0.3, -0.25) is 19.1 Å². The molecule has 0 aliphatic rings. The molecule has 0 spiro atoms. The molecule has 3 rings (SSSR count). The summed E-state index contributed by atoms with van der Waals surface area (Å²) in [6.07, 6.45) is 2.92. The number of nitriles is 1. The second kappa shape index (κ2) is 8.03. The summed E-state index contributed by atoms with van der Waals surface area (Å²) in [7, 11) is 0. The van der Waals surface area contributed by atoms with E-state index in [1.807, 2.05) is 18.8 Å². The van der Waals surface area contributed by atoms with Crippen molar-refractivity contribution in [1.29, 1.82) is 5.26 Å². The maximum Gasteiger partial charge on any atom is 0.349 e. The first-order chi connectivity index (χ1) is 13.7. The molecule has 1 aromatic carbocycles. The van der Waals surface area contributed by atoms with E-state index in [9.17, 15) is 14.4 Å². The van der Waals surface area contributed by atoms with Crippen LogP contribution in [0, 0.1) is 11.3 Å². The zero-order valence-electron chi connectivity index (χ0n) is 15.3. The number of aromatic amines is 1. The van der Waals surface area contributed by atoms with E-state index in [4.69, 9.17) is 28.5 Å². The van der Waals surface area contributed by atoms with Gasteiger partial charge in [-0.15, -0.1) is 5.10 Å². The maximum absolute atomic E-state index is 12.6. The number of rotatable bonds is 4. The molecule has 9 nitrogen and oxygen atoms in total. The predicted octanol–water partition coefficient (Wildman–Crippen LogP) is 1.83. The van der Waals surface area contributed by atoms with Crippen LogP contribution in [0.2, 0.25) is 10.0 Å². The average Bonchev–Trinajstić information content (AvgIpc) is 2.65. The largest absolute Gasteiger partial charge is 0.349 e. The van der Waals surface area contributed by atoms with Gasteiger partial charge in [-0.05, 0) is 18.1 Å². The molecule has 0 aliphatic heterocycles. The SMILES string of the molecule is CC(C)c1cncn(Cc2c(Cl)cc(-n3nc(C#N)c(=O)[nH]c3=O)cc2Cl)c1=O. The highest BCUT2D eigenvalue weighted by Crippen LogP contribution is 2.28. The van der Waals surface area contributed by atoms with Gasteiger partial charge in [0.25, 0.3) is 11.1 Å². The Hall–Kier alpha value is -3.22. The summed E-state index contributed by atoms with van der Waals surface area (Å²) >= 11 is 12.7. The van der Waals surface area contributed by atoms with Crippen LogP contribution in [-0.2, 0) is 6.54 Å². The molecule has 2 heterocycles. The Labute approximate surface area is 173 Å². The van der Waals surface area contributed by atoms with E-state index in [-0.39, 0.29) is 33.8 Å². The van der Waals surface area contributed by atoms with Crippen molar-refractivity contribution in [1.82, 2.24) is 24.3 Å². The second-order valence-corrected chi connectivity index (χ2v) is 7.27. The van der Waals surface area contributed by atoms with Crippen LogP contribution < -0.4 is 16.8 Å². The van der Waals surface area contributed by atoms with Crippen molar-refractivity contribution in [2.75, 3.05) is 0 Å². The number of hydrogen-bond donors (Lipinski definition) is 1. The van der Waals surface area contributed by atoms with Gasteiger partial charge in [-0.1, -0.05) is 37.0 Å². The Balaban J connectivity index is 2.08. The van der Waals surface area contributed by atoms with Crippen LogP contribution in [-0.4, -0.2) is 24.3 Å². The van der Waals surface area contributed by atoms with Crippen LogP contribution in [0.15, 0.2) is 39.0 Å². The minimum atomic E-state index is -0.889. The molecule has 0 bridgehead atoms. The van der Waals surface area contributed by atoms with E-state index in [1.54, 1.807) is 6.07 Å². The first kappa shape index (κ1) is 20.5. The van der Waals surface area contributed by atoms with Gasteiger partial charge >= 0.3 is 5.69 Å². The van der Waals surface area contributed by atoms with Crippen LogP contribution in [0.3, 0.4) is 0 Å². The number of H-pyrrole nitrogens is 1. The van der Waals surface area contributed by atoms with Crippen LogP contribution in [0.1, 0.15) is 36.6 Å². The molecule has 0 amide bonds. The molecule has 148 valence electrons. The molecular weight excluding hydrogens is 419 g/mol. The smallest absolute Gasteiger partial charge is 0.294 e. The monoisotopic (exact) mass is 432 g/mol. The van der Waals surface area contributed by atoms with Gasteiger partial charge in [-0.2, -0.15) is 9.94 Å². The Morgan fingerprint density at radius 2 is 1.86 bits per heavy atom. The third kappa shape index (κ3) is 3.99. The second-order valence-electron chi connectivity index (χ2n) is 6.46. The standard InChI is InChI=1S/C18H14Cl2N6O3/c1-9(2)11-6-22-8-25(17(11)28)7-12-13(19)3-10(4-14(12)20)26-18(29)23-16(27)15(5-21)24-26/h3-4,6,8-9H,7H2,1-2H3,(H,23,27,29). The lowest BCUT2D eigenvalue weighted by molar-refractivity contribution is 0.699. The van der Waals surface area contributed by atoms with E-state index in [0.717, 1.165) is 4.68 Å². The van der Waals surface area contributed by atoms with Gasteiger partial charge in [0, 0.05) is 27.4 Å². The van der Waals surface area contributed by atoms with Gasteiger partial charge in [0.15, 0.2) is 0 Å². The molecule has 29 heavy (non-hydrogen) atoms. The first-order valence-corrected chi connectivity index (χ1v) is 9.15. The predicted molar refractivity (Wildman–Crippen MR) is 107 cm³/mol. The highest BCUT2D eigenvalue weighted by molar-refractivity contribution is 6.36. The molecule has 0 fully saturated rings. The summed E-state index contributed by atoms with van der Waals surface area (Å²) in [6.45, 7) is 3.85. The minimum Gasteiger partial charge on any atom is -0.294 e. The highest BCUT2D eigenvalue weighted by Gasteiger charge is 2.15. The third-order valence-corrected chi connectivity index (χ3v) is 4.86. The maximum atomic E-state index is 12.6. The van der Waals surface area contributed by atoms with Gasteiger partial charge in [0.2, 0.25) is 5.69 Å². The van der Waals surface area contributed by atoms with E-state index in [1.165, 1.54) is 29.2 Å². The lowest BCUT2D eigenvalue weighted by Gasteiger charge is -2.13. The van der Waals surface area contributed by atoms with E-state index in [0.29, 0.717) is 11.1 Å². The zero-order valence-corrected chi connectivity index (χ0v) is 16.8. The molecule has 3 aromatic rings. The Kier molecular flexibility index (Phi) is 5.68. The van der Waals surface area contributed by atoms with E-state index in [2.05, 4.69) is 10.1 Å². The fraction of sp³-hybridized carbons (Fsp3) is 0.222. The van der Waals surface area contributed by atoms with Crippen LogP contribution in [0.25, 0.3) is 5.69 Å². The Morgan fingerprint density at radius 3 is 2.45 bits per heavy atom. The topological polar surface area (TPSA) is 126 Å². The lowest BCUT2D eigenvalue weighted by atomic mass is 10.1. The van der Waals surface area contributed by atoms with Crippen LogP contribution >= 0.6 is 23.2 Å². The van der Waals surface area contributed by atoms with Gasteiger partial charge in [-0.25, -0.2) is 9.78 Å². The fourth-order valence-corrected chi connectivity index (χ4v) is 3.25. The van der Waals surface area contributed by atoms with Gasteiger partial charge in [0.05, 0.1) is 18.6 Å². The summed E-state index contributed by atoms with van der Waals surface area (Å²) in [5.41, 5.74) is -1.27. The molecule has 0 unspecified atom stereocenters. The van der Waals surface area contributed by atoms with Gasteiger partial charge in [0.1, 0.15) is 6.07 Å². The zero-order chi connectivity index (χ0) is 21.3. The molecule has 1 N–H and O–H groups in total. The highest BCUT2D eigenvalue weighted by atomic mass is 35.5. The van der Waals surface area contributed by atoms with Crippen molar-refractivity contribution in [2.45, 2.75) is 26.3 Å². The molecule has 0 saturated carbocycles.